The summed E-state index contributed by atoms with van der Waals surface area (Å²) in [6, 6.07) is 0.104. The van der Waals surface area contributed by atoms with E-state index in [1.807, 2.05) is 20.8 Å². The summed E-state index contributed by atoms with van der Waals surface area (Å²) >= 11 is 0. The van der Waals surface area contributed by atoms with Crippen LogP contribution in [0.15, 0.2) is 0 Å². The lowest BCUT2D eigenvalue weighted by Gasteiger charge is -2.05. The molecule has 14 heavy (non-hydrogen) atoms. The molecule has 0 bridgehead atoms. The van der Waals surface area contributed by atoms with E-state index in [4.69, 9.17) is 0 Å². The predicted octanol–water partition coefficient (Wildman–Crippen LogP) is -0.241. The van der Waals surface area contributed by atoms with Gasteiger partial charge in [-0.2, -0.15) is 0 Å². The summed E-state index contributed by atoms with van der Waals surface area (Å²) < 4.78 is 0. The van der Waals surface area contributed by atoms with Gasteiger partial charge in [0.25, 0.3) is 5.91 Å². The Hall–Kier alpha value is -1.58. The molecule has 1 rings (SSSR count). The SMILES string of the molecule is C=c1[nH]c(=CC)nc1C(=O)NC(C)C. The Balaban J connectivity index is 3.02. The molecule has 1 amide bonds. The van der Waals surface area contributed by atoms with Gasteiger partial charge in [0.05, 0.1) is 5.35 Å². The topological polar surface area (TPSA) is 57.8 Å². The summed E-state index contributed by atoms with van der Waals surface area (Å²) in [7, 11) is 0. The molecular weight excluding hydrogens is 178 g/mol. The van der Waals surface area contributed by atoms with Crippen LogP contribution in [-0.2, 0) is 0 Å². The fourth-order valence-corrected chi connectivity index (χ4v) is 1.08. The van der Waals surface area contributed by atoms with Gasteiger partial charge < -0.3 is 10.3 Å². The van der Waals surface area contributed by atoms with Crippen LogP contribution in [0.3, 0.4) is 0 Å². The molecule has 0 fully saturated rings. The zero-order valence-electron chi connectivity index (χ0n) is 8.72. The standard InChI is InChI=1S/C10H15N3O/c1-5-8-12-7(4)9(13-8)10(14)11-6(2)3/h5-6,12H,4H2,1-3H3,(H,11,14). The van der Waals surface area contributed by atoms with Crippen molar-refractivity contribution in [2.75, 3.05) is 0 Å². The maximum Gasteiger partial charge on any atom is 0.272 e. The van der Waals surface area contributed by atoms with Gasteiger partial charge in [0, 0.05) is 6.04 Å². The van der Waals surface area contributed by atoms with E-state index in [9.17, 15) is 4.79 Å². The minimum Gasteiger partial charge on any atom is -0.348 e. The second-order valence-electron chi connectivity index (χ2n) is 3.37. The molecule has 0 aliphatic carbocycles. The van der Waals surface area contributed by atoms with Gasteiger partial charge in [0.1, 0.15) is 5.48 Å². The molecule has 0 unspecified atom stereocenters. The first kappa shape index (κ1) is 10.5. The number of imidazole rings is 1. The van der Waals surface area contributed by atoms with Gasteiger partial charge in [-0.05, 0) is 26.8 Å². The van der Waals surface area contributed by atoms with Gasteiger partial charge in [0.2, 0.25) is 0 Å². The smallest absolute Gasteiger partial charge is 0.272 e. The van der Waals surface area contributed by atoms with Gasteiger partial charge in [0.15, 0.2) is 5.69 Å². The highest BCUT2D eigenvalue weighted by Crippen LogP contribution is 1.84. The number of hydrogen-bond donors (Lipinski definition) is 2. The van der Waals surface area contributed by atoms with Crippen molar-refractivity contribution in [3.8, 4) is 0 Å². The van der Waals surface area contributed by atoms with Crippen molar-refractivity contribution in [2.45, 2.75) is 26.8 Å². The van der Waals surface area contributed by atoms with E-state index in [1.165, 1.54) is 0 Å². The minimum atomic E-state index is -0.186. The van der Waals surface area contributed by atoms with E-state index in [-0.39, 0.29) is 11.9 Å². The van der Waals surface area contributed by atoms with Crippen LogP contribution in [0.25, 0.3) is 12.7 Å². The average Bonchev–Trinajstić information content (AvgIpc) is 2.45. The molecule has 76 valence electrons. The molecule has 2 N–H and O–H groups in total. The Bertz CT molecular complexity index is 431. The van der Waals surface area contributed by atoms with E-state index < -0.39 is 0 Å². The fourth-order valence-electron chi connectivity index (χ4n) is 1.08. The lowest BCUT2D eigenvalue weighted by atomic mass is 10.3. The lowest BCUT2D eigenvalue weighted by Crippen LogP contribution is -2.33. The molecule has 0 saturated heterocycles. The number of carbonyl (C=O) groups is 1. The number of aromatic amines is 1. The van der Waals surface area contributed by atoms with Crippen LogP contribution < -0.4 is 16.1 Å². The van der Waals surface area contributed by atoms with Gasteiger partial charge in [-0.25, -0.2) is 4.98 Å². The molecule has 4 nitrogen and oxygen atoms in total. The molecular formula is C10H15N3O. The van der Waals surface area contributed by atoms with E-state index in [1.54, 1.807) is 6.08 Å². The molecule has 0 aliphatic rings. The average molecular weight is 193 g/mol. The number of carbonyl (C=O) groups excluding carboxylic acids is 1. The summed E-state index contributed by atoms with van der Waals surface area (Å²) in [6.07, 6.45) is 1.79. The predicted molar refractivity (Wildman–Crippen MR) is 56.1 cm³/mol. The number of rotatable bonds is 2. The Morgan fingerprint density at radius 1 is 1.64 bits per heavy atom. The number of amides is 1. The first-order valence-corrected chi connectivity index (χ1v) is 4.56. The Morgan fingerprint density at radius 2 is 2.29 bits per heavy atom. The molecule has 1 heterocycles. The third-order valence-electron chi connectivity index (χ3n) is 1.71. The van der Waals surface area contributed by atoms with Gasteiger partial charge in [-0.3, -0.25) is 4.79 Å². The van der Waals surface area contributed by atoms with Crippen LogP contribution in [0.2, 0.25) is 0 Å². The van der Waals surface area contributed by atoms with Crippen molar-refractivity contribution >= 4 is 18.6 Å². The van der Waals surface area contributed by atoms with Crippen molar-refractivity contribution in [3.05, 3.63) is 16.5 Å². The molecule has 1 aromatic rings. The summed E-state index contributed by atoms with van der Waals surface area (Å²) in [6.45, 7) is 9.37. The van der Waals surface area contributed by atoms with Gasteiger partial charge in [-0.15, -0.1) is 0 Å². The Labute approximate surface area is 82.7 Å². The van der Waals surface area contributed by atoms with Crippen LogP contribution in [0.4, 0.5) is 0 Å². The van der Waals surface area contributed by atoms with Gasteiger partial charge >= 0.3 is 0 Å². The number of H-pyrrole nitrogens is 1. The summed E-state index contributed by atoms with van der Waals surface area (Å²) in [5, 5.41) is 3.31. The molecule has 0 aliphatic heterocycles. The normalized spacial score (nSPS) is 12.1. The summed E-state index contributed by atoms with van der Waals surface area (Å²) in [5.41, 5.74) is 1.04. The van der Waals surface area contributed by atoms with E-state index >= 15 is 0 Å². The number of aromatic nitrogens is 2. The van der Waals surface area contributed by atoms with Crippen molar-refractivity contribution < 1.29 is 4.79 Å². The first-order chi connectivity index (χ1) is 6.54. The highest BCUT2D eigenvalue weighted by molar-refractivity contribution is 5.92. The highest BCUT2D eigenvalue weighted by atomic mass is 16.1. The summed E-state index contributed by atoms with van der Waals surface area (Å²) in [4.78, 5) is 18.6. The van der Waals surface area contributed by atoms with Crippen LogP contribution in [-0.4, -0.2) is 21.9 Å². The van der Waals surface area contributed by atoms with Crippen LogP contribution in [0.1, 0.15) is 31.3 Å². The third-order valence-corrected chi connectivity index (χ3v) is 1.71. The van der Waals surface area contributed by atoms with Crippen LogP contribution in [0, 0.1) is 0 Å². The largest absolute Gasteiger partial charge is 0.348 e. The van der Waals surface area contributed by atoms with E-state index in [0.29, 0.717) is 16.5 Å². The van der Waals surface area contributed by atoms with E-state index in [0.717, 1.165) is 0 Å². The zero-order valence-corrected chi connectivity index (χ0v) is 8.72. The monoisotopic (exact) mass is 193 g/mol. The Kier molecular flexibility index (Phi) is 3.06. The number of hydrogen-bond acceptors (Lipinski definition) is 2. The Morgan fingerprint density at radius 3 is 2.71 bits per heavy atom. The number of nitrogens with zero attached hydrogens (tertiary/aromatic N) is 1. The summed E-state index contributed by atoms with van der Waals surface area (Å²) in [5.74, 6) is -0.186. The van der Waals surface area contributed by atoms with Crippen LogP contribution >= 0.6 is 0 Å². The molecule has 0 saturated carbocycles. The second-order valence-corrected chi connectivity index (χ2v) is 3.37. The molecule has 4 heteroatoms. The second kappa shape index (κ2) is 4.09. The lowest BCUT2D eigenvalue weighted by molar-refractivity contribution is 0.0937. The van der Waals surface area contributed by atoms with Crippen LogP contribution in [0.5, 0.6) is 0 Å². The first-order valence-electron chi connectivity index (χ1n) is 4.56. The van der Waals surface area contributed by atoms with Crippen molar-refractivity contribution in [1.29, 1.82) is 0 Å². The molecule has 0 aromatic carbocycles. The minimum absolute atomic E-state index is 0.104. The van der Waals surface area contributed by atoms with Gasteiger partial charge in [-0.1, -0.05) is 6.58 Å². The zero-order chi connectivity index (χ0) is 10.7. The molecule has 0 spiro atoms. The fraction of sp³-hybridized carbons (Fsp3) is 0.400. The van der Waals surface area contributed by atoms with Crippen molar-refractivity contribution in [1.82, 2.24) is 15.3 Å². The molecule has 0 radical (unpaired) electrons. The highest BCUT2D eigenvalue weighted by Gasteiger charge is 2.10. The third kappa shape index (κ3) is 2.22. The van der Waals surface area contributed by atoms with Crippen molar-refractivity contribution in [2.24, 2.45) is 0 Å². The molecule has 1 aromatic heterocycles. The number of nitrogens with one attached hydrogen (secondary N) is 2. The van der Waals surface area contributed by atoms with E-state index in [2.05, 4.69) is 21.9 Å². The molecule has 0 atom stereocenters. The quantitative estimate of drug-likeness (QED) is 0.681. The maximum absolute atomic E-state index is 11.6. The maximum atomic E-state index is 11.6. The van der Waals surface area contributed by atoms with Crippen molar-refractivity contribution in [3.63, 3.8) is 0 Å².